The first-order valence-electron chi connectivity index (χ1n) is 5.64. The Bertz CT molecular complexity index is 524. The lowest BCUT2D eigenvalue weighted by Crippen LogP contribution is -2.12. The first kappa shape index (κ1) is 12.7. The zero-order chi connectivity index (χ0) is 13.0. The van der Waals surface area contributed by atoms with Crippen LogP contribution < -0.4 is 16.6 Å². The van der Waals surface area contributed by atoms with E-state index in [4.69, 9.17) is 5.84 Å². The fourth-order valence-corrected chi connectivity index (χ4v) is 2.22. The van der Waals surface area contributed by atoms with Gasteiger partial charge in [0.2, 0.25) is 0 Å². The van der Waals surface area contributed by atoms with Crippen molar-refractivity contribution in [3.8, 4) is 0 Å². The lowest BCUT2D eigenvalue weighted by atomic mass is 10.3. The predicted octanol–water partition coefficient (Wildman–Crippen LogP) is 1.49. The molecule has 0 fully saturated rings. The van der Waals surface area contributed by atoms with E-state index in [0.29, 0.717) is 11.6 Å². The van der Waals surface area contributed by atoms with E-state index in [1.54, 1.807) is 17.4 Å². The molecular formula is C11H16N6S. The molecule has 0 amide bonds. The highest BCUT2D eigenvalue weighted by atomic mass is 32.1. The number of nitrogen functional groups attached to an aromatic ring is 1. The molecule has 96 valence electrons. The molecule has 2 rings (SSSR count). The Balaban J connectivity index is 1.91. The Hall–Kier alpha value is -1.73. The Morgan fingerprint density at radius 3 is 2.67 bits per heavy atom. The van der Waals surface area contributed by atoms with Crippen molar-refractivity contribution in [3.63, 3.8) is 0 Å². The first-order valence-corrected chi connectivity index (χ1v) is 6.52. The summed E-state index contributed by atoms with van der Waals surface area (Å²) in [5.74, 6) is 7.38. The number of hydrogen-bond acceptors (Lipinski definition) is 7. The zero-order valence-corrected chi connectivity index (χ0v) is 11.2. The lowest BCUT2D eigenvalue weighted by Gasteiger charge is -2.07. The monoisotopic (exact) mass is 264 g/mol. The molecular weight excluding hydrogens is 248 g/mol. The smallest absolute Gasteiger partial charge is 0.145 e. The van der Waals surface area contributed by atoms with Gasteiger partial charge in [-0.15, -0.1) is 11.3 Å². The standard InChI is InChI=1S/C11H16N6S/c1-7-14-10(5-11(15-7)17-12)13-4-3-9-6-18-8(2)16-9/h5-6H,3-4,12H2,1-2H3,(H2,13,14,15,17). The lowest BCUT2D eigenvalue weighted by molar-refractivity contribution is 0.948. The van der Waals surface area contributed by atoms with Crippen LogP contribution in [0.2, 0.25) is 0 Å². The zero-order valence-electron chi connectivity index (χ0n) is 10.4. The molecule has 0 atom stereocenters. The largest absolute Gasteiger partial charge is 0.370 e. The quantitative estimate of drug-likeness (QED) is 0.560. The van der Waals surface area contributed by atoms with E-state index in [9.17, 15) is 0 Å². The van der Waals surface area contributed by atoms with Gasteiger partial charge in [-0.3, -0.25) is 0 Å². The third-order valence-corrected chi connectivity index (χ3v) is 3.16. The third kappa shape index (κ3) is 3.38. The van der Waals surface area contributed by atoms with Gasteiger partial charge in [0, 0.05) is 24.4 Å². The predicted molar refractivity (Wildman–Crippen MR) is 73.6 cm³/mol. The summed E-state index contributed by atoms with van der Waals surface area (Å²) in [7, 11) is 0. The van der Waals surface area contributed by atoms with Crippen LogP contribution in [0.5, 0.6) is 0 Å². The third-order valence-electron chi connectivity index (χ3n) is 2.34. The highest BCUT2D eigenvalue weighted by molar-refractivity contribution is 7.09. The minimum Gasteiger partial charge on any atom is -0.370 e. The van der Waals surface area contributed by atoms with Gasteiger partial charge in [0.15, 0.2) is 0 Å². The second kappa shape index (κ2) is 5.74. The maximum atomic E-state index is 5.33. The number of thiazole rings is 1. The van der Waals surface area contributed by atoms with Gasteiger partial charge in [0.05, 0.1) is 10.7 Å². The molecule has 18 heavy (non-hydrogen) atoms. The summed E-state index contributed by atoms with van der Waals surface area (Å²) in [4.78, 5) is 12.8. The van der Waals surface area contributed by atoms with Crippen LogP contribution in [-0.4, -0.2) is 21.5 Å². The average Bonchev–Trinajstić information content (AvgIpc) is 2.74. The summed E-state index contributed by atoms with van der Waals surface area (Å²) in [5, 5.41) is 6.41. The number of aromatic nitrogens is 3. The summed E-state index contributed by atoms with van der Waals surface area (Å²) in [6.07, 6.45) is 0.874. The summed E-state index contributed by atoms with van der Waals surface area (Å²) in [6.45, 7) is 4.62. The highest BCUT2D eigenvalue weighted by Gasteiger charge is 2.01. The molecule has 2 heterocycles. The van der Waals surface area contributed by atoms with Crippen molar-refractivity contribution in [2.45, 2.75) is 20.3 Å². The van der Waals surface area contributed by atoms with Crippen LogP contribution in [0.3, 0.4) is 0 Å². The SMILES string of the molecule is Cc1nc(NN)cc(NCCc2csc(C)n2)n1. The van der Waals surface area contributed by atoms with Crippen molar-refractivity contribution in [1.82, 2.24) is 15.0 Å². The fourth-order valence-electron chi connectivity index (χ4n) is 1.57. The minimum atomic E-state index is 0.606. The Morgan fingerprint density at radius 1 is 1.22 bits per heavy atom. The molecule has 2 aromatic rings. The molecule has 0 radical (unpaired) electrons. The molecule has 0 saturated carbocycles. The topological polar surface area (TPSA) is 88.8 Å². The van der Waals surface area contributed by atoms with Crippen LogP contribution in [0.1, 0.15) is 16.5 Å². The maximum absolute atomic E-state index is 5.33. The van der Waals surface area contributed by atoms with Crippen molar-refractivity contribution in [3.05, 3.63) is 28.0 Å². The fraction of sp³-hybridized carbons (Fsp3) is 0.364. The number of nitrogens with two attached hydrogens (primary N) is 1. The molecule has 0 unspecified atom stereocenters. The number of rotatable bonds is 5. The Kier molecular flexibility index (Phi) is 4.06. The molecule has 7 heteroatoms. The average molecular weight is 264 g/mol. The van der Waals surface area contributed by atoms with Gasteiger partial charge in [-0.25, -0.2) is 20.8 Å². The number of nitrogens with zero attached hydrogens (tertiary/aromatic N) is 3. The summed E-state index contributed by atoms with van der Waals surface area (Å²) in [5.41, 5.74) is 3.62. The second-order valence-corrected chi connectivity index (χ2v) is 4.93. The molecule has 0 saturated heterocycles. The normalized spacial score (nSPS) is 10.4. The molecule has 6 nitrogen and oxygen atoms in total. The van der Waals surface area contributed by atoms with Crippen molar-refractivity contribution in [2.24, 2.45) is 5.84 Å². The van der Waals surface area contributed by atoms with Gasteiger partial charge in [-0.2, -0.15) is 0 Å². The van der Waals surface area contributed by atoms with E-state index >= 15 is 0 Å². The van der Waals surface area contributed by atoms with Crippen molar-refractivity contribution in [1.29, 1.82) is 0 Å². The van der Waals surface area contributed by atoms with Crippen molar-refractivity contribution >= 4 is 23.0 Å². The van der Waals surface area contributed by atoms with Gasteiger partial charge in [0.25, 0.3) is 0 Å². The number of aryl methyl sites for hydroxylation is 2. The van der Waals surface area contributed by atoms with Crippen LogP contribution in [0.4, 0.5) is 11.6 Å². The van der Waals surface area contributed by atoms with Crippen LogP contribution >= 0.6 is 11.3 Å². The first-order chi connectivity index (χ1) is 8.67. The van der Waals surface area contributed by atoms with E-state index in [2.05, 4.69) is 31.1 Å². The van der Waals surface area contributed by atoms with Gasteiger partial charge in [-0.05, 0) is 13.8 Å². The summed E-state index contributed by atoms with van der Waals surface area (Å²) in [6, 6.07) is 1.78. The van der Waals surface area contributed by atoms with Crippen LogP contribution in [0, 0.1) is 13.8 Å². The molecule has 0 aromatic carbocycles. The van der Waals surface area contributed by atoms with E-state index in [0.717, 1.165) is 29.5 Å². The van der Waals surface area contributed by atoms with Gasteiger partial charge in [0.1, 0.15) is 17.5 Å². The van der Waals surface area contributed by atoms with Gasteiger partial charge >= 0.3 is 0 Å². The van der Waals surface area contributed by atoms with E-state index < -0.39 is 0 Å². The van der Waals surface area contributed by atoms with E-state index in [-0.39, 0.29) is 0 Å². The number of nitrogens with one attached hydrogen (secondary N) is 2. The minimum absolute atomic E-state index is 0.606. The van der Waals surface area contributed by atoms with E-state index in [1.807, 2.05) is 13.8 Å². The van der Waals surface area contributed by atoms with Crippen LogP contribution in [-0.2, 0) is 6.42 Å². The van der Waals surface area contributed by atoms with Crippen LogP contribution in [0.25, 0.3) is 0 Å². The van der Waals surface area contributed by atoms with E-state index in [1.165, 1.54) is 0 Å². The number of hydrogen-bond donors (Lipinski definition) is 3. The van der Waals surface area contributed by atoms with Crippen LogP contribution in [0.15, 0.2) is 11.4 Å². The number of anilines is 2. The molecule has 4 N–H and O–H groups in total. The maximum Gasteiger partial charge on any atom is 0.145 e. The second-order valence-electron chi connectivity index (χ2n) is 3.86. The Labute approximate surface area is 110 Å². The summed E-state index contributed by atoms with van der Waals surface area (Å²) >= 11 is 1.67. The summed E-state index contributed by atoms with van der Waals surface area (Å²) < 4.78 is 0. The molecule has 0 aliphatic heterocycles. The van der Waals surface area contributed by atoms with Crippen molar-refractivity contribution in [2.75, 3.05) is 17.3 Å². The molecule has 0 bridgehead atoms. The van der Waals surface area contributed by atoms with Gasteiger partial charge < -0.3 is 10.7 Å². The van der Waals surface area contributed by atoms with Gasteiger partial charge in [-0.1, -0.05) is 0 Å². The van der Waals surface area contributed by atoms with Crippen molar-refractivity contribution < 1.29 is 0 Å². The Morgan fingerprint density at radius 2 is 2.00 bits per heavy atom. The molecule has 0 aliphatic carbocycles. The molecule has 2 aromatic heterocycles. The molecule has 0 spiro atoms. The highest BCUT2D eigenvalue weighted by Crippen LogP contribution is 2.11. The number of hydrazine groups is 1. The molecule has 0 aliphatic rings.